The maximum atomic E-state index is 9.74. The van der Waals surface area contributed by atoms with E-state index in [0.717, 1.165) is 19.5 Å². The third-order valence-corrected chi connectivity index (χ3v) is 2.52. The number of rotatable bonds is 8. The fourth-order valence-electron chi connectivity index (χ4n) is 1.54. The summed E-state index contributed by atoms with van der Waals surface area (Å²) in [6, 6.07) is 0. The zero-order valence-electron chi connectivity index (χ0n) is 10.5. The van der Waals surface area contributed by atoms with E-state index in [1.165, 1.54) is 0 Å². The molecule has 0 heterocycles. The van der Waals surface area contributed by atoms with Crippen LogP contribution in [0.3, 0.4) is 0 Å². The molecule has 0 aromatic heterocycles. The van der Waals surface area contributed by atoms with Gasteiger partial charge in [-0.05, 0) is 39.9 Å². The average molecular weight is 218 g/mol. The van der Waals surface area contributed by atoms with Crippen molar-refractivity contribution < 1.29 is 10.2 Å². The lowest BCUT2D eigenvalue weighted by Crippen LogP contribution is -2.43. The molecule has 0 aromatic rings. The van der Waals surface area contributed by atoms with Crippen molar-refractivity contribution >= 4 is 0 Å². The average Bonchev–Trinajstić information content (AvgIpc) is 2.22. The van der Waals surface area contributed by atoms with E-state index in [1.54, 1.807) is 4.90 Å². The summed E-state index contributed by atoms with van der Waals surface area (Å²) < 4.78 is 0. The van der Waals surface area contributed by atoms with Crippen molar-refractivity contribution in [1.29, 1.82) is 0 Å². The predicted molar refractivity (Wildman–Crippen MR) is 62.5 cm³/mol. The van der Waals surface area contributed by atoms with Crippen LogP contribution in [0.2, 0.25) is 0 Å². The van der Waals surface area contributed by atoms with Crippen LogP contribution in [0.4, 0.5) is 0 Å². The van der Waals surface area contributed by atoms with Gasteiger partial charge in [-0.25, -0.2) is 0 Å². The Labute approximate surface area is 93.5 Å². The second-order valence-corrected chi connectivity index (χ2v) is 4.17. The minimum absolute atomic E-state index is 0.526. The van der Waals surface area contributed by atoms with Crippen molar-refractivity contribution in [2.75, 3.05) is 27.2 Å². The molecule has 92 valence electrons. The lowest BCUT2D eigenvalue weighted by molar-refractivity contribution is -0.104. The van der Waals surface area contributed by atoms with Crippen molar-refractivity contribution in [3.63, 3.8) is 0 Å². The van der Waals surface area contributed by atoms with Gasteiger partial charge in [0, 0.05) is 6.54 Å². The van der Waals surface area contributed by atoms with Gasteiger partial charge in [-0.15, -0.1) is 0 Å². The highest BCUT2D eigenvalue weighted by Crippen LogP contribution is 2.08. The Balaban J connectivity index is 4.01. The summed E-state index contributed by atoms with van der Waals surface area (Å²) in [7, 11) is 4.05. The molecule has 0 rings (SSSR count). The van der Waals surface area contributed by atoms with E-state index >= 15 is 0 Å². The maximum Gasteiger partial charge on any atom is 0.109 e. The first-order chi connectivity index (χ1) is 7.02. The van der Waals surface area contributed by atoms with Gasteiger partial charge in [0.25, 0.3) is 0 Å². The second kappa shape index (κ2) is 8.05. The second-order valence-electron chi connectivity index (χ2n) is 4.17. The Morgan fingerprint density at radius 2 is 1.40 bits per heavy atom. The summed E-state index contributed by atoms with van der Waals surface area (Å²) in [5.41, 5.74) is 0. The van der Waals surface area contributed by atoms with Crippen LogP contribution in [0, 0.1) is 0 Å². The number of nitrogens with zero attached hydrogens (tertiary/aromatic N) is 2. The van der Waals surface area contributed by atoms with Gasteiger partial charge in [0.05, 0.1) is 0 Å². The molecule has 0 aliphatic carbocycles. The van der Waals surface area contributed by atoms with E-state index in [-0.39, 0.29) is 0 Å². The molecular weight excluding hydrogens is 192 g/mol. The standard InChI is InChI=1S/C11H26N2O2/c1-5-10(14)13(11(15)6-2)9-7-8-12(3)4/h10-11,14-15H,5-9H2,1-4H3. The Bertz CT molecular complexity index is 144. The topological polar surface area (TPSA) is 46.9 Å². The predicted octanol–water partition coefficient (Wildman–Crippen LogP) is 0.697. The molecule has 0 fully saturated rings. The number of aliphatic hydroxyl groups is 2. The Morgan fingerprint density at radius 1 is 0.933 bits per heavy atom. The molecule has 0 bridgehead atoms. The van der Waals surface area contributed by atoms with Gasteiger partial charge in [0.15, 0.2) is 0 Å². The summed E-state index contributed by atoms with van der Waals surface area (Å²) in [6.07, 6.45) is 1.21. The number of hydrogen-bond donors (Lipinski definition) is 2. The highest BCUT2D eigenvalue weighted by molar-refractivity contribution is 4.64. The normalized spacial score (nSPS) is 16.0. The molecule has 0 aliphatic rings. The lowest BCUT2D eigenvalue weighted by Gasteiger charge is -2.31. The highest BCUT2D eigenvalue weighted by atomic mass is 16.3. The van der Waals surface area contributed by atoms with Gasteiger partial charge >= 0.3 is 0 Å². The van der Waals surface area contributed by atoms with E-state index in [0.29, 0.717) is 12.8 Å². The van der Waals surface area contributed by atoms with Crippen LogP contribution in [0.1, 0.15) is 33.1 Å². The Kier molecular flexibility index (Phi) is 7.96. The Morgan fingerprint density at radius 3 is 1.73 bits per heavy atom. The first-order valence-corrected chi connectivity index (χ1v) is 5.79. The molecule has 4 heteroatoms. The quantitative estimate of drug-likeness (QED) is 0.589. The molecule has 0 aromatic carbocycles. The fraction of sp³-hybridized carbons (Fsp3) is 1.00. The van der Waals surface area contributed by atoms with Crippen LogP contribution >= 0.6 is 0 Å². The molecule has 0 spiro atoms. The summed E-state index contributed by atoms with van der Waals surface area (Å²) in [6.45, 7) is 5.56. The van der Waals surface area contributed by atoms with E-state index in [4.69, 9.17) is 0 Å². The van der Waals surface area contributed by atoms with Crippen LogP contribution in [0.15, 0.2) is 0 Å². The molecule has 0 saturated heterocycles. The monoisotopic (exact) mass is 218 g/mol. The van der Waals surface area contributed by atoms with Crippen LogP contribution in [0.5, 0.6) is 0 Å². The van der Waals surface area contributed by atoms with Gasteiger partial charge < -0.3 is 15.1 Å². The molecule has 2 N–H and O–H groups in total. The largest absolute Gasteiger partial charge is 0.378 e. The first-order valence-electron chi connectivity index (χ1n) is 5.79. The first kappa shape index (κ1) is 14.8. The molecular formula is C11H26N2O2. The molecule has 15 heavy (non-hydrogen) atoms. The molecule has 0 saturated carbocycles. The van der Waals surface area contributed by atoms with Crippen LogP contribution in [-0.4, -0.2) is 59.7 Å². The minimum Gasteiger partial charge on any atom is -0.378 e. The van der Waals surface area contributed by atoms with Gasteiger partial charge in [0.1, 0.15) is 12.5 Å². The van der Waals surface area contributed by atoms with Crippen LogP contribution in [-0.2, 0) is 0 Å². The van der Waals surface area contributed by atoms with E-state index in [2.05, 4.69) is 4.90 Å². The SMILES string of the molecule is CCC(O)N(CCCN(C)C)C(O)CC. The van der Waals surface area contributed by atoms with Crippen molar-refractivity contribution in [1.82, 2.24) is 9.80 Å². The summed E-state index contributed by atoms with van der Waals surface area (Å²) in [4.78, 5) is 3.87. The van der Waals surface area contributed by atoms with E-state index in [1.807, 2.05) is 27.9 Å². The number of hydrogen-bond acceptors (Lipinski definition) is 4. The van der Waals surface area contributed by atoms with Gasteiger partial charge in [-0.2, -0.15) is 0 Å². The molecule has 2 atom stereocenters. The zero-order chi connectivity index (χ0) is 11.8. The van der Waals surface area contributed by atoms with Crippen LogP contribution in [0.25, 0.3) is 0 Å². The molecule has 0 amide bonds. The van der Waals surface area contributed by atoms with Crippen molar-refractivity contribution in [2.45, 2.75) is 45.6 Å². The van der Waals surface area contributed by atoms with E-state index < -0.39 is 12.5 Å². The maximum absolute atomic E-state index is 9.74. The smallest absolute Gasteiger partial charge is 0.109 e. The fourth-order valence-corrected chi connectivity index (χ4v) is 1.54. The molecule has 4 nitrogen and oxygen atoms in total. The number of aliphatic hydroxyl groups excluding tert-OH is 2. The van der Waals surface area contributed by atoms with Crippen molar-refractivity contribution in [3.05, 3.63) is 0 Å². The third-order valence-electron chi connectivity index (χ3n) is 2.52. The molecule has 2 unspecified atom stereocenters. The highest BCUT2D eigenvalue weighted by Gasteiger charge is 2.19. The lowest BCUT2D eigenvalue weighted by atomic mass is 10.2. The third kappa shape index (κ3) is 6.10. The van der Waals surface area contributed by atoms with Gasteiger partial charge in [-0.3, -0.25) is 4.90 Å². The molecule has 0 radical (unpaired) electrons. The summed E-state index contributed by atoms with van der Waals surface area (Å²) >= 11 is 0. The summed E-state index contributed by atoms with van der Waals surface area (Å²) in [5.74, 6) is 0. The Hall–Kier alpha value is -0.160. The van der Waals surface area contributed by atoms with E-state index in [9.17, 15) is 10.2 Å². The minimum atomic E-state index is -0.526. The van der Waals surface area contributed by atoms with Crippen molar-refractivity contribution in [2.24, 2.45) is 0 Å². The van der Waals surface area contributed by atoms with Crippen molar-refractivity contribution in [3.8, 4) is 0 Å². The van der Waals surface area contributed by atoms with Gasteiger partial charge in [0.2, 0.25) is 0 Å². The molecule has 0 aliphatic heterocycles. The van der Waals surface area contributed by atoms with Crippen LogP contribution < -0.4 is 0 Å². The zero-order valence-corrected chi connectivity index (χ0v) is 10.5. The van der Waals surface area contributed by atoms with Gasteiger partial charge in [-0.1, -0.05) is 13.8 Å². The summed E-state index contributed by atoms with van der Waals surface area (Å²) in [5, 5.41) is 19.5.